The Morgan fingerprint density at radius 1 is 0.957 bits per heavy atom. The molecule has 0 bridgehead atoms. The number of pyridine rings is 1. The highest BCUT2D eigenvalue weighted by atomic mass is 15.1. The summed E-state index contributed by atoms with van der Waals surface area (Å²) in [6, 6.07) is 21.8. The number of fused-ring (bicyclic) bond motifs is 1. The Kier molecular flexibility index (Phi) is 3.68. The zero-order valence-electron chi connectivity index (χ0n) is 13.3. The molecule has 2 nitrogen and oxygen atoms in total. The van der Waals surface area contributed by atoms with Crippen LogP contribution in [0.4, 0.5) is 0 Å². The van der Waals surface area contributed by atoms with E-state index in [9.17, 15) is 0 Å². The Morgan fingerprint density at radius 3 is 2.61 bits per heavy atom. The predicted octanol–water partition coefficient (Wildman–Crippen LogP) is 4.33. The molecule has 0 radical (unpaired) electrons. The first-order chi connectivity index (χ1) is 11.3. The van der Waals surface area contributed by atoms with E-state index in [1.807, 2.05) is 18.5 Å². The van der Waals surface area contributed by atoms with E-state index in [0.717, 1.165) is 13.1 Å². The van der Waals surface area contributed by atoms with Crippen molar-refractivity contribution in [3.63, 3.8) is 0 Å². The Hall–Kier alpha value is -2.45. The quantitative estimate of drug-likeness (QED) is 0.700. The monoisotopic (exact) mass is 300 g/mol. The van der Waals surface area contributed by atoms with Gasteiger partial charge in [0.15, 0.2) is 0 Å². The van der Waals surface area contributed by atoms with E-state index in [2.05, 4.69) is 71.5 Å². The number of likely N-dealkylation sites (N-methyl/N-ethyl adjacent to an activating group) is 1. The topological polar surface area (TPSA) is 16.1 Å². The molecule has 2 heterocycles. The molecule has 2 aromatic carbocycles. The minimum absolute atomic E-state index is 0.452. The van der Waals surface area contributed by atoms with Gasteiger partial charge in [-0.15, -0.1) is 0 Å². The number of hydrogen-bond donors (Lipinski definition) is 0. The lowest BCUT2D eigenvalue weighted by Gasteiger charge is -2.33. The molecular weight excluding hydrogens is 280 g/mol. The molecule has 4 rings (SSSR count). The van der Waals surface area contributed by atoms with E-state index in [1.54, 1.807) is 0 Å². The van der Waals surface area contributed by atoms with Gasteiger partial charge in [-0.2, -0.15) is 0 Å². The fourth-order valence-electron chi connectivity index (χ4n) is 3.53. The summed E-state index contributed by atoms with van der Waals surface area (Å²) >= 11 is 0. The second-order valence-electron chi connectivity index (χ2n) is 6.32. The molecule has 0 aliphatic carbocycles. The summed E-state index contributed by atoms with van der Waals surface area (Å²) < 4.78 is 0. The van der Waals surface area contributed by atoms with Crippen LogP contribution in [0.25, 0.3) is 11.1 Å². The molecule has 23 heavy (non-hydrogen) atoms. The summed E-state index contributed by atoms with van der Waals surface area (Å²) in [7, 11) is 2.20. The first kappa shape index (κ1) is 14.2. The lowest BCUT2D eigenvalue weighted by atomic mass is 9.83. The van der Waals surface area contributed by atoms with Gasteiger partial charge in [-0.3, -0.25) is 4.98 Å². The van der Waals surface area contributed by atoms with Crippen LogP contribution in [0.1, 0.15) is 22.6 Å². The van der Waals surface area contributed by atoms with Crippen LogP contribution in [0, 0.1) is 0 Å². The molecule has 2 heteroatoms. The fourth-order valence-corrected chi connectivity index (χ4v) is 3.53. The number of aromatic nitrogens is 1. The van der Waals surface area contributed by atoms with Crippen LogP contribution in [0.3, 0.4) is 0 Å². The molecular formula is C21H20N2. The molecule has 1 aromatic heterocycles. The normalized spacial score (nSPS) is 17.7. The van der Waals surface area contributed by atoms with Gasteiger partial charge in [0, 0.05) is 31.4 Å². The highest BCUT2D eigenvalue weighted by molar-refractivity contribution is 5.64. The first-order valence-electron chi connectivity index (χ1n) is 8.08. The van der Waals surface area contributed by atoms with Crippen molar-refractivity contribution in [2.75, 3.05) is 13.6 Å². The number of nitrogens with zero attached hydrogens (tertiary/aromatic N) is 2. The van der Waals surface area contributed by atoms with Crippen molar-refractivity contribution < 1.29 is 0 Å². The van der Waals surface area contributed by atoms with Gasteiger partial charge < -0.3 is 4.90 Å². The minimum atomic E-state index is 0.452. The molecule has 1 aliphatic heterocycles. The van der Waals surface area contributed by atoms with Crippen LogP contribution in [0.5, 0.6) is 0 Å². The van der Waals surface area contributed by atoms with Gasteiger partial charge in [-0.25, -0.2) is 0 Å². The lowest BCUT2D eigenvalue weighted by Crippen LogP contribution is -2.30. The Bertz CT molecular complexity index is 797. The van der Waals surface area contributed by atoms with Crippen LogP contribution in [-0.4, -0.2) is 23.5 Å². The summed E-state index contributed by atoms with van der Waals surface area (Å²) in [5.74, 6) is 0.452. The minimum Gasteiger partial charge on any atom is -0.301 e. The van der Waals surface area contributed by atoms with Crippen molar-refractivity contribution in [3.05, 3.63) is 89.7 Å². The predicted molar refractivity (Wildman–Crippen MR) is 94.3 cm³/mol. The van der Waals surface area contributed by atoms with Crippen molar-refractivity contribution in [3.8, 4) is 11.1 Å². The van der Waals surface area contributed by atoms with Crippen molar-refractivity contribution in [1.82, 2.24) is 9.88 Å². The molecule has 0 spiro atoms. The van der Waals surface area contributed by atoms with E-state index < -0.39 is 0 Å². The maximum atomic E-state index is 4.24. The van der Waals surface area contributed by atoms with Gasteiger partial charge in [-0.05, 0) is 47.0 Å². The number of hydrogen-bond acceptors (Lipinski definition) is 2. The second-order valence-corrected chi connectivity index (χ2v) is 6.32. The Labute approximate surface area is 137 Å². The van der Waals surface area contributed by atoms with Crippen molar-refractivity contribution >= 4 is 0 Å². The lowest BCUT2D eigenvalue weighted by molar-refractivity contribution is 0.295. The molecule has 1 atom stereocenters. The molecule has 114 valence electrons. The molecule has 0 unspecified atom stereocenters. The summed E-state index contributed by atoms with van der Waals surface area (Å²) in [6.45, 7) is 2.08. The smallest absolute Gasteiger partial charge is 0.0346 e. The summed E-state index contributed by atoms with van der Waals surface area (Å²) in [5, 5.41) is 0. The van der Waals surface area contributed by atoms with Gasteiger partial charge in [0.1, 0.15) is 0 Å². The molecule has 0 fully saturated rings. The zero-order chi connectivity index (χ0) is 15.6. The van der Waals surface area contributed by atoms with Crippen molar-refractivity contribution in [2.45, 2.75) is 12.5 Å². The zero-order valence-corrected chi connectivity index (χ0v) is 13.3. The molecule has 0 saturated carbocycles. The SMILES string of the molecule is CN1Cc2cc(-c3cccnc3)ccc2[C@@H](c2ccccc2)C1. The van der Waals surface area contributed by atoms with Crippen LogP contribution >= 0.6 is 0 Å². The van der Waals surface area contributed by atoms with E-state index in [1.165, 1.54) is 27.8 Å². The summed E-state index contributed by atoms with van der Waals surface area (Å²) in [5.41, 5.74) is 6.71. The van der Waals surface area contributed by atoms with Gasteiger partial charge >= 0.3 is 0 Å². The van der Waals surface area contributed by atoms with Gasteiger partial charge in [0.2, 0.25) is 0 Å². The van der Waals surface area contributed by atoms with E-state index in [4.69, 9.17) is 0 Å². The first-order valence-corrected chi connectivity index (χ1v) is 8.08. The molecule has 0 N–H and O–H groups in total. The number of rotatable bonds is 2. The summed E-state index contributed by atoms with van der Waals surface area (Å²) in [6.07, 6.45) is 3.75. The highest BCUT2D eigenvalue weighted by Gasteiger charge is 2.24. The molecule has 1 aliphatic rings. The van der Waals surface area contributed by atoms with Gasteiger partial charge in [0.05, 0.1) is 0 Å². The third kappa shape index (κ3) is 2.78. The highest BCUT2D eigenvalue weighted by Crippen LogP contribution is 2.35. The fraction of sp³-hybridized carbons (Fsp3) is 0.190. The molecule has 0 amide bonds. The van der Waals surface area contributed by atoms with Crippen LogP contribution < -0.4 is 0 Å². The number of benzene rings is 2. The van der Waals surface area contributed by atoms with E-state index in [0.29, 0.717) is 5.92 Å². The van der Waals surface area contributed by atoms with Crippen LogP contribution in [0.2, 0.25) is 0 Å². The molecule has 0 saturated heterocycles. The van der Waals surface area contributed by atoms with Crippen molar-refractivity contribution in [2.24, 2.45) is 0 Å². The maximum absolute atomic E-state index is 4.24. The van der Waals surface area contributed by atoms with Gasteiger partial charge in [-0.1, -0.05) is 48.5 Å². The third-order valence-corrected chi connectivity index (χ3v) is 4.65. The average Bonchev–Trinajstić information content (AvgIpc) is 2.62. The van der Waals surface area contributed by atoms with Crippen LogP contribution in [-0.2, 0) is 6.54 Å². The van der Waals surface area contributed by atoms with Crippen LogP contribution in [0.15, 0.2) is 73.1 Å². The van der Waals surface area contributed by atoms with Crippen molar-refractivity contribution in [1.29, 1.82) is 0 Å². The maximum Gasteiger partial charge on any atom is 0.0346 e. The van der Waals surface area contributed by atoms with E-state index >= 15 is 0 Å². The average molecular weight is 300 g/mol. The largest absolute Gasteiger partial charge is 0.301 e. The second kappa shape index (κ2) is 5.98. The van der Waals surface area contributed by atoms with E-state index in [-0.39, 0.29) is 0 Å². The standard InChI is InChI=1S/C21H20N2/c1-23-14-19-12-17(18-8-5-11-22-13-18)9-10-20(19)21(15-23)16-6-3-2-4-7-16/h2-13,21H,14-15H2,1H3/t21-/m1/s1. The molecule has 3 aromatic rings. The Morgan fingerprint density at radius 2 is 1.83 bits per heavy atom. The third-order valence-electron chi connectivity index (χ3n) is 4.65. The summed E-state index contributed by atoms with van der Waals surface area (Å²) in [4.78, 5) is 6.65. The van der Waals surface area contributed by atoms with Gasteiger partial charge in [0.25, 0.3) is 0 Å². The Balaban J connectivity index is 1.77.